The first-order chi connectivity index (χ1) is 5.65. The quantitative estimate of drug-likeness (QED) is 0.612. The average Bonchev–Trinajstić information content (AvgIpc) is 2.05. The molecule has 0 atom stereocenters. The van der Waals surface area contributed by atoms with Gasteiger partial charge in [0.25, 0.3) is 0 Å². The molecule has 64 valence electrons. The Morgan fingerprint density at radius 2 is 2.08 bits per heavy atom. The van der Waals surface area contributed by atoms with Gasteiger partial charge >= 0.3 is 5.97 Å². The largest absolute Gasteiger partial charge is 0.507 e. The van der Waals surface area contributed by atoms with Crippen molar-refractivity contribution < 1.29 is 19.6 Å². The molecule has 0 fully saturated rings. The van der Waals surface area contributed by atoms with Crippen LogP contribution in [-0.4, -0.2) is 20.7 Å². The maximum Gasteiger partial charge on any atom is 0.339 e. The second-order valence-electron chi connectivity index (χ2n) is 2.08. The highest BCUT2D eigenvalue weighted by atomic mass is 32.2. The van der Waals surface area contributed by atoms with Gasteiger partial charge in [-0.25, -0.2) is 4.79 Å². The molecule has 0 saturated heterocycles. The van der Waals surface area contributed by atoms with Crippen LogP contribution < -0.4 is 0 Å². The highest BCUT2D eigenvalue weighted by molar-refractivity contribution is 7.93. The monoisotopic (exact) mass is 186 g/mol. The van der Waals surface area contributed by atoms with Crippen molar-refractivity contribution in [1.29, 1.82) is 0 Å². The third-order valence-electron chi connectivity index (χ3n) is 1.30. The number of hydrogen-bond donors (Lipinski definition) is 3. The lowest BCUT2D eigenvalue weighted by molar-refractivity contribution is 0.0693. The zero-order chi connectivity index (χ0) is 9.14. The molecule has 4 nitrogen and oxygen atoms in total. The maximum absolute atomic E-state index is 10.4. The lowest BCUT2D eigenvalue weighted by Crippen LogP contribution is -1.96. The molecule has 0 aliphatic rings. The van der Waals surface area contributed by atoms with Gasteiger partial charge in [-0.2, -0.15) is 0 Å². The molecule has 0 amide bonds. The summed E-state index contributed by atoms with van der Waals surface area (Å²) < 4.78 is 8.58. The third kappa shape index (κ3) is 1.69. The van der Waals surface area contributed by atoms with E-state index in [1.165, 1.54) is 18.2 Å². The summed E-state index contributed by atoms with van der Waals surface area (Å²) in [5.41, 5.74) is -0.214. The van der Waals surface area contributed by atoms with Gasteiger partial charge in [-0.05, 0) is 18.2 Å². The van der Waals surface area contributed by atoms with E-state index in [0.717, 1.165) is 0 Å². The number of benzene rings is 1. The topological polar surface area (TPSA) is 77.8 Å². The molecular formula is C7H6O4S. The standard InChI is InChI=1S/C7H6O4S/c8-6-2-1-4(12-11)3-5(6)7(9)10/h1-3,8,11H,(H,9,10). The van der Waals surface area contributed by atoms with E-state index in [2.05, 4.69) is 0 Å². The van der Waals surface area contributed by atoms with Gasteiger partial charge in [-0.1, -0.05) is 0 Å². The van der Waals surface area contributed by atoms with Crippen LogP contribution in [0.15, 0.2) is 23.1 Å². The minimum Gasteiger partial charge on any atom is -0.507 e. The van der Waals surface area contributed by atoms with Crippen LogP contribution in [0, 0.1) is 0 Å². The van der Waals surface area contributed by atoms with Crippen molar-refractivity contribution in [3.8, 4) is 5.75 Å². The van der Waals surface area contributed by atoms with Crippen molar-refractivity contribution in [3.63, 3.8) is 0 Å². The number of carboxylic acids is 1. The summed E-state index contributed by atoms with van der Waals surface area (Å²) >= 11 is 0.435. The second kappa shape index (κ2) is 3.46. The lowest BCUT2D eigenvalue weighted by atomic mass is 10.2. The van der Waals surface area contributed by atoms with E-state index < -0.39 is 5.97 Å². The molecular weight excluding hydrogens is 180 g/mol. The van der Waals surface area contributed by atoms with E-state index in [0.29, 0.717) is 16.9 Å². The summed E-state index contributed by atoms with van der Waals surface area (Å²) in [4.78, 5) is 10.8. The van der Waals surface area contributed by atoms with Crippen molar-refractivity contribution in [2.24, 2.45) is 0 Å². The molecule has 0 spiro atoms. The van der Waals surface area contributed by atoms with Gasteiger partial charge < -0.3 is 14.8 Å². The lowest BCUT2D eigenvalue weighted by Gasteiger charge is -1.99. The zero-order valence-electron chi connectivity index (χ0n) is 5.89. The smallest absolute Gasteiger partial charge is 0.339 e. The van der Waals surface area contributed by atoms with Crippen LogP contribution >= 0.6 is 12.0 Å². The summed E-state index contributed by atoms with van der Waals surface area (Å²) in [6.07, 6.45) is 0. The van der Waals surface area contributed by atoms with E-state index in [9.17, 15) is 4.79 Å². The summed E-state index contributed by atoms with van der Waals surface area (Å²) in [6, 6.07) is 3.84. The van der Waals surface area contributed by atoms with Gasteiger partial charge in [-0.15, -0.1) is 0 Å². The molecule has 0 heterocycles. The van der Waals surface area contributed by atoms with Crippen LogP contribution in [0.2, 0.25) is 0 Å². The Kier molecular flexibility index (Phi) is 2.57. The van der Waals surface area contributed by atoms with Gasteiger partial charge in [0.2, 0.25) is 0 Å². The molecule has 0 bridgehead atoms. The molecule has 0 unspecified atom stereocenters. The summed E-state index contributed by atoms with van der Waals surface area (Å²) in [5.74, 6) is -1.52. The van der Waals surface area contributed by atoms with Crippen molar-refractivity contribution in [1.82, 2.24) is 0 Å². The first-order valence-electron chi connectivity index (χ1n) is 3.03. The molecule has 1 aromatic carbocycles. The maximum atomic E-state index is 10.4. The fraction of sp³-hybridized carbons (Fsp3) is 0. The number of carbonyl (C=O) groups is 1. The van der Waals surface area contributed by atoms with Crippen molar-refractivity contribution in [3.05, 3.63) is 23.8 Å². The van der Waals surface area contributed by atoms with Crippen LogP contribution in [0.25, 0.3) is 0 Å². The molecule has 12 heavy (non-hydrogen) atoms. The minimum absolute atomic E-state index is 0.214. The van der Waals surface area contributed by atoms with Crippen molar-refractivity contribution in [2.75, 3.05) is 0 Å². The Balaban J connectivity index is 3.17. The van der Waals surface area contributed by atoms with Crippen LogP contribution in [0.1, 0.15) is 10.4 Å². The summed E-state index contributed by atoms with van der Waals surface area (Å²) in [5, 5.41) is 17.6. The second-order valence-corrected chi connectivity index (χ2v) is 2.73. The molecule has 1 rings (SSSR count). The predicted octanol–water partition coefficient (Wildman–Crippen LogP) is 1.66. The van der Waals surface area contributed by atoms with E-state index in [4.69, 9.17) is 14.8 Å². The third-order valence-corrected chi connectivity index (χ3v) is 1.77. The molecule has 0 radical (unpaired) electrons. The van der Waals surface area contributed by atoms with Crippen molar-refractivity contribution >= 4 is 18.0 Å². The summed E-state index contributed by atoms with van der Waals surface area (Å²) in [6.45, 7) is 0. The van der Waals surface area contributed by atoms with Gasteiger partial charge in [0.05, 0.1) is 0 Å². The predicted molar refractivity (Wildman–Crippen MR) is 43.6 cm³/mol. The zero-order valence-corrected chi connectivity index (χ0v) is 6.71. The van der Waals surface area contributed by atoms with Gasteiger partial charge in [0, 0.05) is 16.9 Å². The van der Waals surface area contributed by atoms with Crippen LogP contribution in [0.3, 0.4) is 0 Å². The number of aromatic carboxylic acids is 1. The van der Waals surface area contributed by atoms with Crippen LogP contribution in [0.4, 0.5) is 0 Å². The highest BCUT2D eigenvalue weighted by Crippen LogP contribution is 2.23. The number of rotatable bonds is 2. The number of carboxylic acid groups (broad SMARTS) is 1. The average molecular weight is 186 g/mol. The van der Waals surface area contributed by atoms with E-state index >= 15 is 0 Å². The minimum atomic E-state index is -1.22. The fourth-order valence-electron chi connectivity index (χ4n) is 0.743. The first kappa shape index (κ1) is 8.89. The molecule has 5 heteroatoms. The number of hydrogen-bond acceptors (Lipinski definition) is 4. The Bertz CT molecular complexity index is 310. The Labute approximate surface area is 72.7 Å². The van der Waals surface area contributed by atoms with E-state index in [1.54, 1.807) is 0 Å². The van der Waals surface area contributed by atoms with Gasteiger partial charge in [0.1, 0.15) is 11.3 Å². The molecule has 3 N–H and O–H groups in total. The van der Waals surface area contributed by atoms with Crippen LogP contribution in [-0.2, 0) is 0 Å². The van der Waals surface area contributed by atoms with Gasteiger partial charge in [-0.3, -0.25) is 0 Å². The first-order valence-corrected chi connectivity index (χ1v) is 3.80. The van der Waals surface area contributed by atoms with Crippen molar-refractivity contribution in [2.45, 2.75) is 4.90 Å². The number of phenols is 1. The van der Waals surface area contributed by atoms with Gasteiger partial charge in [0.15, 0.2) is 0 Å². The van der Waals surface area contributed by atoms with E-state index in [1.807, 2.05) is 0 Å². The fourth-order valence-corrected chi connectivity index (χ4v) is 1.04. The molecule has 0 aliphatic heterocycles. The van der Waals surface area contributed by atoms with Crippen LogP contribution in [0.5, 0.6) is 5.75 Å². The Hall–Kier alpha value is -1.20. The van der Waals surface area contributed by atoms with E-state index in [-0.39, 0.29) is 11.3 Å². The highest BCUT2D eigenvalue weighted by Gasteiger charge is 2.09. The molecule has 0 saturated carbocycles. The normalized spacial score (nSPS) is 9.75. The molecule has 0 aromatic heterocycles. The Morgan fingerprint density at radius 3 is 2.58 bits per heavy atom. The summed E-state index contributed by atoms with van der Waals surface area (Å²) in [7, 11) is 0. The number of aromatic hydroxyl groups is 1. The molecule has 0 aliphatic carbocycles. The molecule has 1 aromatic rings. The Morgan fingerprint density at radius 1 is 1.42 bits per heavy atom. The SMILES string of the molecule is O=C(O)c1cc(SO)ccc1O.